The van der Waals surface area contributed by atoms with Crippen molar-refractivity contribution in [3.8, 4) is 0 Å². The molecular formula is C12H14N2O4. The molecular weight excluding hydrogens is 236 g/mol. The van der Waals surface area contributed by atoms with Crippen molar-refractivity contribution < 1.29 is 14.8 Å². The van der Waals surface area contributed by atoms with Gasteiger partial charge in [0, 0.05) is 30.3 Å². The number of carbonyl (C=O) groups is 1. The molecule has 0 aromatic heterocycles. The number of nitrogens with zero attached hydrogens (tertiary/aromatic N) is 1. The molecule has 0 saturated heterocycles. The number of anilines is 1. The Hall–Kier alpha value is -1.95. The number of rotatable bonds is 4. The first-order valence-electron chi connectivity index (χ1n) is 5.81. The first-order chi connectivity index (χ1) is 8.61. The van der Waals surface area contributed by atoms with E-state index < -0.39 is 4.92 Å². The molecule has 1 aromatic rings. The van der Waals surface area contributed by atoms with Gasteiger partial charge in [-0.3, -0.25) is 14.9 Å². The van der Waals surface area contributed by atoms with Crippen LogP contribution < -0.4 is 5.32 Å². The molecule has 2 rings (SSSR count). The van der Waals surface area contributed by atoms with Crippen molar-refractivity contribution in [3.63, 3.8) is 0 Å². The van der Waals surface area contributed by atoms with Gasteiger partial charge in [-0.25, -0.2) is 0 Å². The molecule has 1 aromatic carbocycles. The van der Waals surface area contributed by atoms with Gasteiger partial charge in [-0.15, -0.1) is 0 Å². The SMILES string of the molecule is O=C1Nc2ccc([N+](=O)[O-])cc2CC1CCCO. The maximum Gasteiger partial charge on any atom is 0.269 e. The highest BCUT2D eigenvalue weighted by Crippen LogP contribution is 2.30. The van der Waals surface area contributed by atoms with Crippen LogP contribution >= 0.6 is 0 Å². The lowest BCUT2D eigenvalue weighted by atomic mass is 9.89. The fraction of sp³-hybridized carbons (Fsp3) is 0.417. The number of nitrogens with one attached hydrogen (secondary N) is 1. The van der Waals surface area contributed by atoms with Gasteiger partial charge < -0.3 is 10.4 Å². The van der Waals surface area contributed by atoms with Crippen LogP contribution in [0.2, 0.25) is 0 Å². The molecule has 0 aliphatic carbocycles. The molecule has 96 valence electrons. The van der Waals surface area contributed by atoms with Crippen molar-refractivity contribution in [3.05, 3.63) is 33.9 Å². The Morgan fingerprint density at radius 2 is 2.28 bits per heavy atom. The lowest BCUT2D eigenvalue weighted by Gasteiger charge is -2.24. The number of carbonyl (C=O) groups excluding carboxylic acids is 1. The second-order valence-electron chi connectivity index (χ2n) is 4.35. The summed E-state index contributed by atoms with van der Waals surface area (Å²) in [7, 11) is 0. The molecule has 0 fully saturated rings. The number of amides is 1. The van der Waals surface area contributed by atoms with Crippen molar-refractivity contribution >= 4 is 17.3 Å². The lowest BCUT2D eigenvalue weighted by molar-refractivity contribution is -0.384. The van der Waals surface area contributed by atoms with E-state index >= 15 is 0 Å². The van der Waals surface area contributed by atoms with Crippen LogP contribution in [0.25, 0.3) is 0 Å². The fourth-order valence-corrected chi connectivity index (χ4v) is 2.15. The summed E-state index contributed by atoms with van der Waals surface area (Å²) in [6.45, 7) is 0.0472. The number of non-ortho nitro benzene ring substituents is 1. The van der Waals surface area contributed by atoms with E-state index in [-0.39, 0.29) is 24.1 Å². The molecule has 0 saturated carbocycles. The number of aliphatic hydroxyl groups excluding tert-OH is 1. The highest BCUT2D eigenvalue weighted by Gasteiger charge is 2.26. The summed E-state index contributed by atoms with van der Waals surface area (Å²) in [6, 6.07) is 4.45. The summed E-state index contributed by atoms with van der Waals surface area (Å²) < 4.78 is 0. The number of hydrogen-bond donors (Lipinski definition) is 2. The van der Waals surface area contributed by atoms with Crippen molar-refractivity contribution in [1.29, 1.82) is 0 Å². The van der Waals surface area contributed by atoms with E-state index in [9.17, 15) is 14.9 Å². The summed E-state index contributed by atoms with van der Waals surface area (Å²) in [4.78, 5) is 22.0. The minimum Gasteiger partial charge on any atom is -0.396 e. The van der Waals surface area contributed by atoms with E-state index in [1.54, 1.807) is 6.07 Å². The first-order valence-corrected chi connectivity index (χ1v) is 5.81. The molecule has 1 amide bonds. The first kappa shape index (κ1) is 12.5. The second kappa shape index (κ2) is 5.14. The Bertz CT molecular complexity index is 487. The second-order valence-corrected chi connectivity index (χ2v) is 4.35. The zero-order valence-electron chi connectivity index (χ0n) is 9.76. The normalized spacial score (nSPS) is 18.1. The monoisotopic (exact) mass is 250 g/mol. The summed E-state index contributed by atoms with van der Waals surface area (Å²) in [6.07, 6.45) is 1.63. The summed E-state index contributed by atoms with van der Waals surface area (Å²) in [5.41, 5.74) is 1.46. The molecule has 2 N–H and O–H groups in total. The fourth-order valence-electron chi connectivity index (χ4n) is 2.15. The number of fused-ring (bicyclic) bond motifs is 1. The van der Waals surface area contributed by atoms with Gasteiger partial charge in [0.05, 0.1) is 4.92 Å². The van der Waals surface area contributed by atoms with E-state index in [2.05, 4.69) is 5.32 Å². The van der Waals surface area contributed by atoms with Crippen molar-refractivity contribution in [2.24, 2.45) is 5.92 Å². The van der Waals surface area contributed by atoms with Crippen molar-refractivity contribution in [2.75, 3.05) is 11.9 Å². The van der Waals surface area contributed by atoms with E-state index in [0.717, 1.165) is 5.56 Å². The Morgan fingerprint density at radius 3 is 2.94 bits per heavy atom. The van der Waals surface area contributed by atoms with E-state index in [4.69, 9.17) is 5.11 Å². The Kier molecular flexibility index (Phi) is 3.57. The largest absolute Gasteiger partial charge is 0.396 e. The van der Waals surface area contributed by atoms with E-state index in [1.807, 2.05) is 0 Å². The molecule has 6 nitrogen and oxygen atoms in total. The Balaban J connectivity index is 2.21. The average Bonchev–Trinajstić information content (AvgIpc) is 2.35. The maximum absolute atomic E-state index is 11.8. The maximum atomic E-state index is 11.8. The van der Waals surface area contributed by atoms with Gasteiger partial charge >= 0.3 is 0 Å². The molecule has 0 radical (unpaired) electrons. The molecule has 1 aliphatic rings. The predicted octanol–water partition coefficient (Wildman–Crippen LogP) is 1.48. The zero-order chi connectivity index (χ0) is 13.1. The van der Waals surface area contributed by atoms with Crippen LogP contribution in [0.15, 0.2) is 18.2 Å². The number of nitro benzene ring substituents is 1. The summed E-state index contributed by atoms with van der Waals surface area (Å²) >= 11 is 0. The van der Waals surface area contributed by atoms with Crippen molar-refractivity contribution in [1.82, 2.24) is 0 Å². The van der Waals surface area contributed by atoms with Gasteiger partial charge in [-0.2, -0.15) is 0 Å². The van der Waals surface area contributed by atoms with Gasteiger partial charge in [-0.05, 0) is 30.9 Å². The van der Waals surface area contributed by atoms with Gasteiger partial charge in [-0.1, -0.05) is 0 Å². The summed E-state index contributed by atoms with van der Waals surface area (Å²) in [5.74, 6) is -0.295. The average molecular weight is 250 g/mol. The highest BCUT2D eigenvalue weighted by molar-refractivity contribution is 5.95. The van der Waals surface area contributed by atoms with Crippen LogP contribution in [0.4, 0.5) is 11.4 Å². The van der Waals surface area contributed by atoms with Gasteiger partial charge in [0.1, 0.15) is 0 Å². The van der Waals surface area contributed by atoms with Crippen molar-refractivity contribution in [2.45, 2.75) is 19.3 Å². The topological polar surface area (TPSA) is 92.5 Å². The number of nitro groups is 1. The molecule has 1 aliphatic heterocycles. The number of benzene rings is 1. The lowest BCUT2D eigenvalue weighted by Crippen LogP contribution is -2.30. The third-order valence-corrected chi connectivity index (χ3v) is 3.11. The van der Waals surface area contributed by atoms with Gasteiger partial charge in [0.25, 0.3) is 5.69 Å². The summed E-state index contributed by atoms with van der Waals surface area (Å²) in [5, 5.41) is 22.2. The molecule has 6 heteroatoms. The quantitative estimate of drug-likeness (QED) is 0.625. The van der Waals surface area contributed by atoms with Gasteiger partial charge in [0.2, 0.25) is 5.91 Å². The third-order valence-electron chi connectivity index (χ3n) is 3.11. The van der Waals surface area contributed by atoms with Crippen LogP contribution in [-0.4, -0.2) is 22.5 Å². The van der Waals surface area contributed by atoms with Crippen LogP contribution in [-0.2, 0) is 11.2 Å². The molecule has 0 bridgehead atoms. The number of hydrogen-bond acceptors (Lipinski definition) is 4. The van der Waals surface area contributed by atoms with Crippen LogP contribution in [0.3, 0.4) is 0 Å². The number of aliphatic hydroxyl groups is 1. The van der Waals surface area contributed by atoms with Crippen LogP contribution in [0, 0.1) is 16.0 Å². The standard InChI is InChI=1S/C12H14N2O4/c15-5-1-2-8-6-9-7-10(14(17)18)3-4-11(9)13-12(8)16/h3-4,7-8,15H,1-2,5-6H2,(H,13,16). The Morgan fingerprint density at radius 1 is 1.50 bits per heavy atom. The molecule has 1 unspecified atom stereocenters. The highest BCUT2D eigenvalue weighted by atomic mass is 16.6. The van der Waals surface area contributed by atoms with E-state index in [1.165, 1.54) is 12.1 Å². The molecule has 1 heterocycles. The molecule has 1 atom stereocenters. The Labute approximate surface area is 104 Å². The van der Waals surface area contributed by atoms with Gasteiger partial charge in [0.15, 0.2) is 0 Å². The predicted molar refractivity (Wildman–Crippen MR) is 65.2 cm³/mol. The van der Waals surface area contributed by atoms with E-state index in [0.29, 0.717) is 24.9 Å². The zero-order valence-corrected chi connectivity index (χ0v) is 9.76. The minimum absolute atomic E-state index is 0.0332. The molecule has 0 spiro atoms. The van der Waals surface area contributed by atoms with Crippen LogP contribution in [0.5, 0.6) is 0 Å². The van der Waals surface area contributed by atoms with Crippen LogP contribution in [0.1, 0.15) is 18.4 Å². The molecule has 18 heavy (non-hydrogen) atoms. The smallest absolute Gasteiger partial charge is 0.269 e. The third kappa shape index (κ3) is 2.48. The minimum atomic E-state index is -0.445.